The van der Waals surface area contributed by atoms with Gasteiger partial charge in [-0.25, -0.2) is 0 Å². The van der Waals surface area contributed by atoms with Gasteiger partial charge in [-0.3, -0.25) is 0 Å². The molecule has 1 fully saturated rings. The number of nitrogens with one attached hydrogen (secondary N) is 4. The molecule has 4 N–H and O–H groups in total. The SMILES string of the molecule is C1CNCCNCCCNCCNC1.[C-]#N.[C-]#N.[Mn]. The van der Waals surface area contributed by atoms with E-state index in [4.69, 9.17) is 23.7 Å². The van der Waals surface area contributed by atoms with Crippen molar-refractivity contribution in [3.63, 3.8) is 0 Å². The van der Waals surface area contributed by atoms with Crippen LogP contribution in [0.3, 0.4) is 0 Å². The smallest absolute Gasteiger partial charge is 0.00767 e. The van der Waals surface area contributed by atoms with E-state index in [2.05, 4.69) is 21.3 Å². The maximum atomic E-state index is 6.25. The summed E-state index contributed by atoms with van der Waals surface area (Å²) in [5.74, 6) is 0. The molecular formula is C12H24MnN6-2. The molecule has 0 atom stereocenters. The first-order chi connectivity index (χ1) is 9.00. The summed E-state index contributed by atoms with van der Waals surface area (Å²) in [6.07, 6.45) is 2.44. The Hall–Kier alpha value is -0.661. The Labute approximate surface area is 127 Å². The van der Waals surface area contributed by atoms with Gasteiger partial charge in [0.1, 0.15) is 0 Å². The van der Waals surface area contributed by atoms with Crippen molar-refractivity contribution in [1.82, 2.24) is 21.3 Å². The molecule has 1 saturated heterocycles. The van der Waals surface area contributed by atoms with E-state index in [-0.39, 0.29) is 17.1 Å². The predicted octanol–water partition coefficient (Wildman–Crippen LogP) is -0.671. The first kappa shape index (κ1) is 23.4. The zero-order chi connectivity index (χ0) is 13.9. The molecule has 111 valence electrons. The minimum Gasteiger partial charge on any atom is -0.512 e. The third kappa shape index (κ3) is 22.9. The van der Waals surface area contributed by atoms with Crippen molar-refractivity contribution < 1.29 is 17.1 Å². The zero-order valence-corrected chi connectivity index (χ0v) is 12.5. The molecule has 0 aromatic carbocycles. The van der Waals surface area contributed by atoms with Crippen molar-refractivity contribution in [2.75, 3.05) is 52.4 Å². The van der Waals surface area contributed by atoms with Crippen molar-refractivity contribution in [3.8, 4) is 0 Å². The second-order valence-corrected chi connectivity index (χ2v) is 3.71. The molecule has 1 aliphatic heterocycles. The van der Waals surface area contributed by atoms with Gasteiger partial charge in [0.15, 0.2) is 0 Å². The van der Waals surface area contributed by atoms with E-state index < -0.39 is 0 Å². The summed E-state index contributed by atoms with van der Waals surface area (Å²) in [5, 5.41) is 26.2. The molecule has 0 bridgehead atoms. The molecule has 0 spiro atoms. The average molecular weight is 307 g/mol. The Bertz CT molecular complexity index is 126. The maximum absolute atomic E-state index is 6.25. The van der Waals surface area contributed by atoms with Gasteiger partial charge in [0.25, 0.3) is 0 Å². The molecule has 1 aliphatic rings. The van der Waals surface area contributed by atoms with Gasteiger partial charge < -0.3 is 44.9 Å². The molecule has 1 rings (SSSR count). The average Bonchev–Trinajstić information content (AvgIpc) is 2.46. The van der Waals surface area contributed by atoms with Crippen LogP contribution in [0, 0.1) is 23.7 Å². The van der Waals surface area contributed by atoms with E-state index in [0.717, 1.165) is 52.4 Å². The molecule has 1 radical (unpaired) electrons. The van der Waals surface area contributed by atoms with E-state index in [1.54, 1.807) is 0 Å². The number of hydrogen-bond acceptors (Lipinski definition) is 6. The molecule has 0 amide bonds. The van der Waals surface area contributed by atoms with E-state index in [1.807, 2.05) is 0 Å². The first-order valence-electron chi connectivity index (χ1n) is 6.28. The summed E-state index contributed by atoms with van der Waals surface area (Å²) in [6.45, 7) is 18.4. The van der Waals surface area contributed by atoms with Gasteiger partial charge in [0.2, 0.25) is 0 Å². The molecule has 0 aromatic heterocycles. The van der Waals surface area contributed by atoms with Crippen LogP contribution in [-0.2, 0) is 17.1 Å². The minimum atomic E-state index is 0. The van der Waals surface area contributed by atoms with E-state index in [1.165, 1.54) is 12.8 Å². The Morgan fingerprint density at radius 3 is 0.895 bits per heavy atom. The zero-order valence-electron chi connectivity index (χ0n) is 11.3. The van der Waals surface area contributed by atoms with Gasteiger partial charge in [0, 0.05) is 43.2 Å². The van der Waals surface area contributed by atoms with Crippen LogP contribution in [0.1, 0.15) is 12.8 Å². The Kier molecular flexibility index (Phi) is 32.1. The molecule has 6 nitrogen and oxygen atoms in total. The molecule has 0 aromatic rings. The topological polar surface area (TPSA) is 95.7 Å². The fraction of sp³-hybridized carbons (Fsp3) is 0.833. The van der Waals surface area contributed by atoms with Crippen molar-refractivity contribution >= 4 is 0 Å². The molecular weight excluding hydrogens is 283 g/mol. The molecule has 0 unspecified atom stereocenters. The number of rotatable bonds is 0. The van der Waals surface area contributed by atoms with Crippen LogP contribution in [0.25, 0.3) is 0 Å². The Morgan fingerprint density at radius 2 is 0.684 bits per heavy atom. The normalized spacial score (nSPS) is 17.9. The van der Waals surface area contributed by atoms with Crippen molar-refractivity contribution in [3.05, 3.63) is 13.1 Å². The molecule has 0 saturated carbocycles. The summed E-state index contributed by atoms with van der Waals surface area (Å²) >= 11 is 0. The monoisotopic (exact) mass is 307 g/mol. The van der Waals surface area contributed by atoms with Crippen LogP contribution in [0.5, 0.6) is 0 Å². The van der Waals surface area contributed by atoms with Gasteiger partial charge in [-0.15, -0.1) is 0 Å². The van der Waals surface area contributed by atoms with Crippen molar-refractivity contribution in [2.45, 2.75) is 12.8 Å². The van der Waals surface area contributed by atoms with Gasteiger partial charge >= 0.3 is 0 Å². The summed E-state index contributed by atoms with van der Waals surface area (Å²) in [7, 11) is 0. The number of hydrogen-bond donors (Lipinski definition) is 4. The van der Waals surface area contributed by atoms with Crippen LogP contribution in [0.2, 0.25) is 0 Å². The van der Waals surface area contributed by atoms with E-state index >= 15 is 0 Å². The van der Waals surface area contributed by atoms with Crippen LogP contribution in [0.15, 0.2) is 0 Å². The number of nitrogens with zero attached hydrogens (tertiary/aromatic N) is 2. The minimum absolute atomic E-state index is 0. The van der Waals surface area contributed by atoms with Crippen LogP contribution < -0.4 is 21.3 Å². The second-order valence-electron chi connectivity index (χ2n) is 3.71. The molecule has 19 heavy (non-hydrogen) atoms. The fourth-order valence-corrected chi connectivity index (χ4v) is 1.53. The fourth-order valence-electron chi connectivity index (χ4n) is 1.53. The maximum Gasteiger partial charge on any atom is 0.00767 e. The second kappa shape index (κ2) is 26.0. The van der Waals surface area contributed by atoms with Crippen LogP contribution in [0.4, 0.5) is 0 Å². The third-order valence-electron chi connectivity index (χ3n) is 2.37. The summed E-state index contributed by atoms with van der Waals surface area (Å²) in [4.78, 5) is 0. The van der Waals surface area contributed by atoms with E-state index in [0.29, 0.717) is 0 Å². The molecule has 7 heteroatoms. The Balaban J connectivity index is -0.000000467. The summed E-state index contributed by atoms with van der Waals surface area (Å²) in [5.41, 5.74) is 0. The summed E-state index contributed by atoms with van der Waals surface area (Å²) < 4.78 is 0. The van der Waals surface area contributed by atoms with Crippen molar-refractivity contribution in [1.29, 1.82) is 10.5 Å². The largest absolute Gasteiger partial charge is 0.512 e. The van der Waals surface area contributed by atoms with Gasteiger partial charge in [-0.05, 0) is 39.0 Å². The third-order valence-corrected chi connectivity index (χ3v) is 2.37. The van der Waals surface area contributed by atoms with Crippen LogP contribution >= 0.6 is 0 Å². The quantitative estimate of drug-likeness (QED) is 0.350. The predicted molar refractivity (Wildman–Crippen MR) is 70.6 cm³/mol. The standard InChI is InChI=1S/C10H24N4.2CN.Mn/c1-3-11-7-9-13-5-2-6-14-10-8-12-4-1;2*1-2;/h11-14H,1-10H2;;;/q;2*-1;. The first-order valence-corrected chi connectivity index (χ1v) is 6.28. The molecule has 0 aliphatic carbocycles. The van der Waals surface area contributed by atoms with E-state index in [9.17, 15) is 0 Å². The van der Waals surface area contributed by atoms with Gasteiger partial charge in [-0.2, -0.15) is 0 Å². The van der Waals surface area contributed by atoms with Gasteiger partial charge in [-0.1, -0.05) is 0 Å². The molecule has 1 heterocycles. The summed E-state index contributed by atoms with van der Waals surface area (Å²) in [6, 6.07) is 0. The van der Waals surface area contributed by atoms with Crippen molar-refractivity contribution in [2.24, 2.45) is 0 Å². The van der Waals surface area contributed by atoms with Crippen LogP contribution in [-0.4, -0.2) is 52.4 Å². The van der Waals surface area contributed by atoms with Gasteiger partial charge in [0.05, 0.1) is 0 Å². The Morgan fingerprint density at radius 1 is 0.474 bits per heavy atom.